The maximum atomic E-state index is 12.8. The van der Waals surface area contributed by atoms with E-state index in [0.717, 1.165) is 35.7 Å². The molecule has 0 bridgehead atoms. The highest BCUT2D eigenvalue weighted by Gasteiger charge is 2.55. The Balaban J connectivity index is 2.03. The Morgan fingerprint density at radius 1 is 1.10 bits per heavy atom. The maximum absolute atomic E-state index is 12.8. The lowest BCUT2D eigenvalue weighted by atomic mass is 9.66. The molecule has 0 aliphatic heterocycles. The quantitative estimate of drug-likeness (QED) is 0.532. The number of halogens is 2. The lowest BCUT2D eigenvalue weighted by Crippen LogP contribution is -2.48. The summed E-state index contributed by atoms with van der Waals surface area (Å²) in [6, 6.07) is 5.60. The molecule has 3 rings (SSSR count). The van der Waals surface area contributed by atoms with Crippen LogP contribution in [0.15, 0.2) is 22.7 Å². The van der Waals surface area contributed by atoms with E-state index in [0.29, 0.717) is 18.4 Å². The van der Waals surface area contributed by atoms with E-state index < -0.39 is 4.87 Å². The minimum absolute atomic E-state index is 0.105. The van der Waals surface area contributed by atoms with Gasteiger partial charge in [0.1, 0.15) is 0 Å². The summed E-state index contributed by atoms with van der Waals surface area (Å²) in [5.74, 6) is -0.243. The molecule has 0 N–H and O–H groups in total. The average molecular weight is 370 g/mol. The topological polar surface area (TPSA) is 34.1 Å². The van der Waals surface area contributed by atoms with Gasteiger partial charge in [-0.1, -0.05) is 46.4 Å². The fraction of sp³-hybridized carbons (Fsp3) is 0.529. The van der Waals surface area contributed by atoms with Crippen LogP contribution in [0.5, 0.6) is 0 Å². The van der Waals surface area contributed by atoms with Crippen molar-refractivity contribution in [1.29, 1.82) is 0 Å². The summed E-state index contributed by atoms with van der Waals surface area (Å²) in [7, 11) is 0. The fourth-order valence-electron chi connectivity index (χ4n) is 3.89. The van der Waals surface area contributed by atoms with Crippen molar-refractivity contribution in [3.63, 3.8) is 0 Å². The molecule has 0 saturated heterocycles. The Bertz CT molecular complexity index is 597. The van der Waals surface area contributed by atoms with Crippen LogP contribution in [0.1, 0.15) is 49.7 Å². The molecule has 0 unspecified atom stereocenters. The third-order valence-electron chi connectivity index (χ3n) is 5.07. The summed E-state index contributed by atoms with van der Waals surface area (Å²) >= 11 is 10.0. The van der Waals surface area contributed by atoms with Gasteiger partial charge in [-0.2, -0.15) is 0 Å². The van der Waals surface area contributed by atoms with Gasteiger partial charge >= 0.3 is 0 Å². The highest BCUT2D eigenvalue weighted by molar-refractivity contribution is 9.10. The van der Waals surface area contributed by atoms with Crippen LogP contribution in [0.3, 0.4) is 0 Å². The normalized spacial score (nSPS) is 23.8. The van der Waals surface area contributed by atoms with Crippen LogP contribution < -0.4 is 0 Å². The molecule has 0 atom stereocenters. The first kappa shape index (κ1) is 15.2. The molecule has 0 radical (unpaired) electrons. The Hall–Kier alpha value is -0.670. The van der Waals surface area contributed by atoms with Crippen LogP contribution in [-0.4, -0.2) is 11.6 Å². The van der Waals surface area contributed by atoms with Gasteiger partial charge in [-0.3, -0.25) is 9.59 Å². The third-order valence-corrected chi connectivity index (χ3v) is 6.19. The largest absolute Gasteiger partial charge is 0.297 e. The molecule has 1 aromatic rings. The fourth-order valence-corrected chi connectivity index (χ4v) is 4.59. The van der Waals surface area contributed by atoms with E-state index in [1.807, 2.05) is 25.1 Å². The molecule has 4 heteroatoms. The second kappa shape index (κ2) is 5.20. The summed E-state index contributed by atoms with van der Waals surface area (Å²) in [5, 5.41) is 0. The highest BCUT2D eigenvalue weighted by atomic mass is 79.9. The minimum atomic E-state index is -1.48. The number of Topliss-reactive ketones (excluding diaryl/α,β-unsaturated/α-hetero) is 2. The first-order valence-corrected chi connectivity index (χ1v) is 8.57. The molecule has 0 heterocycles. The monoisotopic (exact) mass is 368 g/mol. The second-order valence-electron chi connectivity index (χ2n) is 6.52. The van der Waals surface area contributed by atoms with Crippen molar-refractivity contribution in [3.05, 3.63) is 33.8 Å². The molecule has 2 nitrogen and oxygen atoms in total. The number of rotatable bonds is 1. The first-order valence-electron chi connectivity index (χ1n) is 7.40. The molecule has 2 saturated carbocycles. The number of ketones is 2. The molecule has 0 amide bonds. The van der Waals surface area contributed by atoms with E-state index in [2.05, 4.69) is 15.9 Å². The molecule has 2 aliphatic rings. The number of alkyl halides is 1. The van der Waals surface area contributed by atoms with Gasteiger partial charge in [-0.25, -0.2) is 0 Å². The lowest BCUT2D eigenvalue weighted by molar-refractivity contribution is -0.138. The number of carbonyl (C=O) groups is 2. The third kappa shape index (κ3) is 2.39. The lowest BCUT2D eigenvalue weighted by Gasteiger charge is -2.39. The molecule has 2 aliphatic carbocycles. The molecule has 0 aromatic heterocycles. The summed E-state index contributed by atoms with van der Waals surface area (Å²) in [6.45, 7) is 1.90. The smallest absolute Gasteiger partial charge is 0.186 e. The number of benzene rings is 1. The number of aryl methyl sites for hydroxylation is 1. The van der Waals surface area contributed by atoms with E-state index in [1.165, 1.54) is 0 Å². The van der Waals surface area contributed by atoms with Crippen LogP contribution in [-0.2, 0) is 14.5 Å². The number of hydrogen-bond acceptors (Lipinski definition) is 2. The van der Waals surface area contributed by atoms with Crippen LogP contribution in [0.2, 0.25) is 0 Å². The van der Waals surface area contributed by atoms with Crippen LogP contribution in [0.25, 0.3) is 0 Å². The average Bonchev–Trinajstić information content (AvgIpc) is 2.87. The molecular weight excluding hydrogens is 352 g/mol. The van der Waals surface area contributed by atoms with Crippen LogP contribution >= 0.6 is 27.5 Å². The molecule has 21 heavy (non-hydrogen) atoms. The number of carbonyl (C=O) groups excluding carboxylic acids is 2. The predicted octanol–water partition coefficient (Wildman–Crippen LogP) is 4.68. The van der Waals surface area contributed by atoms with E-state index in [1.54, 1.807) is 0 Å². The van der Waals surface area contributed by atoms with Crippen molar-refractivity contribution in [3.8, 4) is 0 Å². The van der Waals surface area contributed by atoms with Crippen molar-refractivity contribution in [2.75, 3.05) is 0 Å². The Morgan fingerprint density at radius 3 is 2.24 bits per heavy atom. The van der Waals surface area contributed by atoms with Gasteiger partial charge in [0, 0.05) is 17.3 Å². The van der Waals surface area contributed by atoms with Gasteiger partial charge in [0.15, 0.2) is 16.4 Å². The van der Waals surface area contributed by atoms with Crippen molar-refractivity contribution < 1.29 is 9.59 Å². The summed E-state index contributed by atoms with van der Waals surface area (Å²) < 4.78 is 0.838. The minimum Gasteiger partial charge on any atom is -0.297 e. The van der Waals surface area contributed by atoms with Gasteiger partial charge in [0.05, 0.1) is 0 Å². The SMILES string of the molecule is Cc1ccc(Br)cc1C1(Cl)C(=O)CC2(CCCC2)CC1=O. The van der Waals surface area contributed by atoms with Gasteiger partial charge in [0.2, 0.25) is 0 Å². The molecule has 1 spiro atoms. The Morgan fingerprint density at radius 2 is 1.67 bits per heavy atom. The zero-order valence-electron chi connectivity index (χ0n) is 12.0. The highest BCUT2D eigenvalue weighted by Crippen LogP contribution is 2.53. The van der Waals surface area contributed by atoms with Crippen LogP contribution in [0, 0.1) is 12.3 Å². The molecule has 112 valence electrons. The van der Waals surface area contributed by atoms with E-state index in [4.69, 9.17) is 11.6 Å². The van der Waals surface area contributed by atoms with Crippen molar-refractivity contribution in [2.45, 2.75) is 50.3 Å². The summed E-state index contributed by atoms with van der Waals surface area (Å²) in [5.41, 5.74) is 1.42. The van der Waals surface area contributed by atoms with Crippen LogP contribution in [0.4, 0.5) is 0 Å². The maximum Gasteiger partial charge on any atom is 0.186 e. The summed E-state index contributed by atoms with van der Waals surface area (Å²) in [4.78, 5) is 24.1. The Kier molecular flexibility index (Phi) is 3.77. The predicted molar refractivity (Wildman–Crippen MR) is 86.6 cm³/mol. The van der Waals surface area contributed by atoms with E-state index in [-0.39, 0.29) is 17.0 Å². The first-order chi connectivity index (χ1) is 9.87. The van der Waals surface area contributed by atoms with Gasteiger partial charge < -0.3 is 0 Å². The summed E-state index contributed by atoms with van der Waals surface area (Å²) in [6.07, 6.45) is 5.07. The molecular formula is C17H18BrClO2. The van der Waals surface area contributed by atoms with Gasteiger partial charge in [-0.05, 0) is 48.4 Å². The second-order valence-corrected chi connectivity index (χ2v) is 8.01. The standard InChI is InChI=1S/C17H18BrClO2/c1-11-4-5-12(18)8-13(11)17(19)14(20)9-16(10-15(17)21)6-2-3-7-16/h4-5,8H,2-3,6-7,9-10H2,1H3. The van der Waals surface area contributed by atoms with Crippen molar-refractivity contribution >= 4 is 39.1 Å². The molecule has 2 fully saturated rings. The van der Waals surface area contributed by atoms with Gasteiger partial charge in [0.25, 0.3) is 0 Å². The van der Waals surface area contributed by atoms with Crippen molar-refractivity contribution in [2.24, 2.45) is 5.41 Å². The zero-order chi connectivity index (χ0) is 15.3. The van der Waals surface area contributed by atoms with E-state index in [9.17, 15) is 9.59 Å². The van der Waals surface area contributed by atoms with Crippen molar-refractivity contribution in [1.82, 2.24) is 0 Å². The Labute approximate surface area is 138 Å². The van der Waals surface area contributed by atoms with E-state index >= 15 is 0 Å². The molecule has 1 aromatic carbocycles. The van der Waals surface area contributed by atoms with Gasteiger partial charge in [-0.15, -0.1) is 0 Å². The zero-order valence-corrected chi connectivity index (χ0v) is 14.4. The number of hydrogen-bond donors (Lipinski definition) is 0.